The number of carboxylic acid groups (broad SMARTS) is 1. The first-order valence-electron chi connectivity index (χ1n) is 10.4. The summed E-state index contributed by atoms with van der Waals surface area (Å²) in [4.78, 5) is 29.1. The molecule has 4 rings (SSSR count). The third-order valence-corrected chi connectivity index (χ3v) is 5.25. The zero-order valence-electron chi connectivity index (χ0n) is 17.6. The minimum atomic E-state index is -1.19. The van der Waals surface area contributed by atoms with Gasteiger partial charge in [-0.3, -0.25) is 0 Å². The minimum absolute atomic E-state index is 0.0539. The molecule has 0 saturated carbocycles. The van der Waals surface area contributed by atoms with Gasteiger partial charge in [-0.2, -0.15) is 0 Å². The van der Waals surface area contributed by atoms with Crippen LogP contribution < -0.4 is 4.74 Å². The van der Waals surface area contributed by atoms with E-state index in [1.165, 1.54) is 17.2 Å². The number of carboxylic acids is 1. The zero-order chi connectivity index (χ0) is 23.2. The molecule has 0 fully saturated rings. The molecule has 0 aromatic heterocycles. The van der Waals surface area contributed by atoms with Gasteiger partial charge in [0.25, 0.3) is 0 Å². The molecule has 170 valence electrons. The van der Waals surface area contributed by atoms with Crippen LogP contribution in [0.1, 0.15) is 28.3 Å². The first-order chi connectivity index (χ1) is 16.0. The summed E-state index contributed by atoms with van der Waals surface area (Å²) < 4.78 is 24.6. The van der Waals surface area contributed by atoms with E-state index >= 15 is 0 Å². The number of ether oxygens (including phenoxy) is 2. The molecule has 33 heavy (non-hydrogen) atoms. The number of aliphatic carboxylic acids is 1. The number of hydroxylamine groups is 2. The number of carbonyl (C=O) groups is 2. The molecule has 1 atom stereocenters. The molecule has 1 heterocycles. The van der Waals surface area contributed by atoms with Gasteiger partial charge in [-0.25, -0.2) is 14.0 Å². The lowest BCUT2D eigenvalue weighted by molar-refractivity contribution is -0.152. The van der Waals surface area contributed by atoms with Crippen LogP contribution in [0.3, 0.4) is 0 Å². The highest BCUT2D eigenvalue weighted by Crippen LogP contribution is 2.39. The third kappa shape index (κ3) is 5.48. The molecule has 1 unspecified atom stereocenters. The minimum Gasteiger partial charge on any atom is -0.481 e. The van der Waals surface area contributed by atoms with Crippen molar-refractivity contribution in [3.05, 3.63) is 101 Å². The zero-order valence-corrected chi connectivity index (χ0v) is 17.6. The quantitative estimate of drug-likeness (QED) is 0.529. The van der Waals surface area contributed by atoms with Gasteiger partial charge in [0, 0.05) is 18.2 Å². The third-order valence-electron chi connectivity index (χ3n) is 5.25. The van der Waals surface area contributed by atoms with Crippen molar-refractivity contribution in [3.8, 4) is 5.75 Å². The van der Waals surface area contributed by atoms with Gasteiger partial charge in [0.05, 0.1) is 6.04 Å². The Balaban J connectivity index is 1.61. The monoisotopic (exact) mass is 451 g/mol. The summed E-state index contributed by atoms with van der Waals surface area (Å²) >= 11 is 0. The van der Waals surface area contributed by atoms with Gasteiger partial charge in [-0.1, -0.05) is 60.7 Å². The highest BCUT2D eigenvalue weighted by Gasteiger charge is 2.34. The molecule has 1 aliphatic heterocycles. The van der Waals surface area contributed by atoms with Crippen LogP contribution >= 0.6 is 0 Å². The number of rotatable bonds is 7. The Morgan fingerprint density at radius 2 is 1.76 bits per heavy atom. The van der Waals surface area contributed by atoms with Gasteiger partial charge < -0.3 is 19.4 Å². The molecule has 8 heteroatoms. The molecule has 0 saturated heterocycles. The van der Waals surface area contributed by atoms with Gasteiger partial charge in [-0.05, 0) is 29.2 Å². The number of halogens is 1. The van der Waals surface area contributed by atoms with E-state index in [2.05, 4.69) is 0 Å². The van der Waals surface area contributed by atoms with Crippen LogP contribution in [0.25, 0.3) is 0 Å². The SMILES string of the molecule is O=C(O)COc1cc(F)ccc1C1c2ccccc2CCN1OC(=O)OCc1ccccc1. The van der Waals surface area contributed by atoms with Crippen molar-refractivity contribution >= 4 is 12.1 Å². The van der Waals surface area contributed by atoms with Crippen molar-refractivity contribution < 1.29 is 33.4 Å². The molecule has 3 aromatic rings. The Morgan fingerprint density at radius 3 is 2.55 bits per heavy atom. The molecule has 1 N–H and O–H groups in total. The summed E-state index contributed by atoms with van der Waals surface area (Å²) in [5.74, 6) is -1.70. The predicted octanol–water partition coefficient (Wildman–Crippen LogP) is 4.51. The van der Waals surface area contributed by atoms with Crippen molar-refractivity contribution in [3.63, 3.8) is 0 Å². The van der Waals surface area contributed by atoms with E-state index in [0.29, 0.717) is 18.5 Å². The predicted molar refractivity (Wildman–Crippen MR) is 116 cm³/mol. The Labute approximate surface area is 189 Å². The maximum atomic E-state index is 14.0. The second-order valence-corrected chi connectivity index (χ2v) is 7.47. The van der Waals surface area contributed by atoms with Gasteiger partial charge >= 0.3 is 12.1 Å². The highest BCUT2D eigenvalue weighted by molar-refractivity contribution is 5.68. The van der Waals surface area contributed by atoms with Gasteiger partial charge in [0.1, 0.15) is 18.2 Å². The number of fused-ring (bicyclic) bond motifs is 1. The van der Waals surface area contributed by atoms with Crippen LogP contribution in [0.5, 0.6) is 5.75 Å². The van der Waals surface area contributed by atoms with Crippen molar-refractivity contribution in [2.24, 2.45) is 0 Å². The van der Waals surface area contributed by atoms with Crippen molar-refractivity contribution in [1.29, 1.82) is 0 Å². The van der Waals surface area contributed by atoms with Crippen LogP contribution in [0.2, 0.25) is 0 Å². The molecule has 0 aliphatic carbocycles. The van der Waals surface area contributed by atoms with Crippen LogP contribution in [-0.2, 0) is 27.4 Å². The highest BCUT2D eigenvalue weighted by atomic mass is 19.1. The molecule has 0 radical (unpaired) electrons. The van der Waals surface area contributed by atoms with E-state index in [1.54, 1.807) is 0 Å². The van der Waals surface area contributed by atoms with Crippen LogP contribution in [0.15, 0.2) is 72.8 Å². The molecule has 0 bridgehead atoms. The number of hydrogen-bond acceptors (Lipinski definition) is 6. The smallest absolute Gasteiger partial charge is 0.481 e. The van der Waals surface area contributed by atoms with Gasteiger partial charge in [0.2, 0.25) is 0 Å². The number of carbonyl (C=O) groups excluding carboxylic acids is 1. The van der Waals surface area contributed by atoms with Crippen molar-refractivity contribution in [1.82, 2.24) is 5.06 Å². The molecular formula is C25H22FNO6. The lowest BCUT2D eigenvalue weighted by Crippen LogP contribution is -2.38. The average Bonchev–Trinajstić information content (AvgIpc) is 2.82. The lowest BCUT2D eigenvalue weighted by Gasteiger charge is -2.36. The molecule has 1 aliphatic rings. The maximum absolute atomic E-state index is 14.0. The van der Waals surface area contributed by atoms with E-state index in [0.717, 1.165) is 22.8 Å². The van der Waals surface area contributed by atoms with E-state index in [1.807, 2.05) is 54.6 Å². The second-order valence-electron chi connectivity index (χ2n) is 7.47. The van der Waals surface area contributed by atoms with Crippen LogP contribution in [-0.4, -0.2) is 35.4 Å². The second kappa shape index (κ2) is 10.1. The fourth-order valence-electron chi connectivity index (χ4n) is 3.80. The first kappa shape index (κ1) is 22.3. The summed E-state index contributed by atoms with van der Waals surface area (Å²) in [6.45, 7) is -0.221. The standard InChI is InChI=1S/C25H22FNO6/c26-19-10-11-21(22(14-19)31-16-23(28)29)24-20-9-5-4-8-18(20)12-13-27(24)33-25(30)32-15-17-6-2-1-3-7-17/h1-11,14,24H,12-13,15-16H2,(H,28,29). The largest absolute Gasteiger partial charge is 0.528 e. The van der Waals surface area contributed by atoms with Crippen molar-refractivity contribution in [2.45, 2.75) is 19.1 Å². The van der Waals surface area contributed by atoms with Crippen molar-refractivity contribution in [2.75, 3.05) is 13.2 Å². The fraction of sp³-hybridized carbons (Fsp3) is 0.200. The fourth-order valence-corrected chi connectivity index (χ4v) is 3.80. The van der Waals surface area contributed by atoms with Gasteiger partial charge in [0.15, 0.2) is 6.61 Å². The summed E-state index contributed by atoms with van der Waals surface area (Å²) in [5.41, 5.74) is 3.17. The summed E-state index contributed by atoms with van der Waals surface area (Å²) in [6, 6.07) is 20.1. The first-order valence-corrected chi connectivity index (χ1v) is 10.4. The number of nitrogens with zero attached hydrogens (tertiary/aromatic N) is 1. The number of benzene rings is 3. The summed E-state index contributed by atoms with van der Waals surface area (Å²) in [5, 5.41) is 10.5. The summed E-state index contributed by atoms with van der Waals surface area (Å²) in [7, 11) is 0. The van der Waals surface area contributed by atoms with E-state index < -0.39 is 30.6 Å². The maximum Gasteiger partial charge on any atom is 0.528 e. The normalized spacial score (nSPS) is 15.4. The van der Waals surface area contributed by atoms with E-state index in [4.69, 9.17) is 19.4 Å². The molecular weight excluding hydrogens is 429 g/mol. The molecule has 0 amide bonds. The molecule has 0 spiro atoms. The topological polar surface area (TPSA) is 85.3 Å². The molecule has 3 aromatic carbocycles. The van der Waals surface area contributed by atoms with Crippen LogP contribution in [0, 0.1) is 5.82 Å². The number of hydrogen-bond donors (Lipinski definition) is 1. The lowest BCUT2D eigenvalue weighted by atomic mass is 9.89. The van der Waals surface area contributed by atoms with E-state index in [9.17, 15) is 14.0 Å². The van der Waals surface area contributed by atoms with E-state index in [-0.39, 0.29) is 12.4 Å². The Hall–Kier alpha value is -3.91. The van der Waals surface area contributed by atoms with Crippen LogP contribution in [0.4, 0.5) is 9.18 Å². The summed E-state index contributed by atoms with van der Waals surface area (Å²) in [6.07, 6.45) is -0.260. The van der Waals surface area contributed by atoms with Gasteiger partial charge in [-0.15, -0.1) is 5.06 Å². The average molecular weight is 451 g/mol. The Bertz CT molecular complexity index is 1140. The molecule has 7 nitrogen and oxygen atoms in total. The Kier molecular flexibility index (Phi) is 6.85. The Morgan fingerprint density at radius 1 is 1.00 bits per heavy atom.